The number of aliphatic hydroxyl groups is 1. The van der Waals surface area contributed by atoms with Gasteiger partial charge < -0.3 is 14.6 Å². The summed E-state index contributed by atoms with van der Waals surface area (Å²) < 4.78 is 10.5. The van der Waals surface area contributed by atoms with Gasteiger partial charge in [-0.2, -0.15) is 0 Å². The van der Waals surface area contributed by atoms with Gasteiger partial charge >= 0.3 is 5.97 Å². The lowest BCUT2D eigenvalue weighted by Crippen LogP contribution is -2.06. The predicted molar refractivity (Wildman–Crippen MR) is 80.6 cm³/mol. The van der Waals surface area contributed by atoms with E-state index in [0.717, 1.165) is 64.6 Å². The second-order valence-corrected chi connectivity index (χ2v) is 5.08. The first-order valence-electron chi connectivity index (χ1n) is 7.69. The summed E-state index contributed by atoms with van der Waals surface area (Å²) in [5, 5.41) is 8.62. The fraction of sp³-hybridized carbons (Fsp3) is 0.812. The molecule has 4 nitrogen and oxygen atoms in total. The summed E-state index contributed by atoms with van der Waals surface area (Å²) in [7, 11) is 0. The molecule has 0 saturated heterocycles. The van der Waals surface area contributed by atoms with Crippen LogP contribution in [-0.2, 0) is 14.3 Å². The van der Waals surface area contributed by atoms with E-state index in [1.165, 1.54) is 0 Å². The molecule has 0 rings (SSSR count). The van der Waals surface area contributed by atoms with E-state index in [1.807, 2.05) is 0 Å². The molecule has 20 heavy (non-hydrogen) atoms. The highest BCUT2D eigenvalue weighted by Gasteiger charge is 2.01. The lowest BCUT2D eigenvalue weighted by atomic mass is 10.2. The Morgan fingerprint density at radius 2 is 1.40 bits per heavy atom. The highest BCUT2D eigenvalue weighted by atomic mass is 16.5. The number of hydrogen-bond acceptors (Lipinski definition) is 4. The van der Waals surface area contributed by atoms with Gasteiger partial charge in [-0.25, -0.2) is 4.79 Å². The Bertz CT molecular complexity index is 251. The van der Waals surface area contributed by atoms with Crippen LogP contribution in [0.25, 0.3) is 0 Å². The van der Waals surface area contributed by atoms with E-state index in [1.54, 1.807) is 6.92 Å². The molecule has 0 radical (unpaired) electrons. The zero-order valence-corrected chi connectivity index (χ0v) is 12.9. The maximum absolute atomic E-state index is 11.1. The third kappa shape index (κ3) is 13.6. The molecule has 1 N–H and O–H groups in total. The lowest BCUT2D eigenvalue weighted by Gasteiger charge is -2.05. The van der Waals surface area contributed by atoms with Crippen molar-refractivity contribution in [2.75, 3.05) is 26.4 Å². The standard InChI is InChI=1S/C16H30O4/c1-15(2)16(18)20-14-10-6-5-9-13-19-12-8-4-3-7-11-17/h17H,1,3-14H2,2H3. The van der Waals surface area contributed by atoms with E-state index in [4.69, 9.17) is 14.6 Å². The van der Waals surface area contributed by atoms with Gasteiger partial charge in [0.15, 0.2) is 0 Å². The summed E-state index contributed by atoms with van der Waals surface area (Å²) in [6, 6.07) is 0. The summed E-state index contributed by atoms with van der Waals surface area (Å²) in [5.41, 5.74) is 0.456. The minimum atomic E-state index is -0.297. The van der Waals surface area contributed by atoms with Gasteiger partial charge in [-0.1, -0.05) is 25.8 Å². The van der Waals surface area contributed by atoms with Gasteiger partial charge in [-0.15, -0.1) is 0 Å². The fourth-order valence-electron chi connectivity index (χ4n) is 1.72. The molecular weight excluding hydrogens is 256 g/mol. The monoisotopic (exact) mass is 286 g/mol. The van der Waals surface area contributed by atoms with E-state index in [0.29, 0.717) is 18.8 Å². The predicted octanol–water partition coefficient (Wildman–Crippen LogP) is 3.24. The van der Waals surface area contributed by atoms with Crippen molar-refractivity contribution in [3.8, 4) is 0 Å². The molecule has 0 amide bonds. The lowest BCUT2D eigenvalue weighted by molar-refractivity contribution is -0.139. The first-order chi connectivity index (χ1) is 9.68. The van der Waals surface area contributed by atoms with E-state index in [2.05, 4.69) is 6.58 Å². The van der Waals surface area contributed by atoms with Crippen LogP contribution < -0.4 is 0 Å². The summed E-state index contributed by atoms with van der Waals surface area (Å²) in [4.78, 5) is 11.1. The Kier molecular flexibility index (Phi) is 13.9. The molecule has 0 spiro atoms. The summed E-state index contributed by atoms with van der Waals surface area (Å²) >= 11 is 0. The molecule has 0 atom stereocenters. The number of hydrogen-bond donors (Lipinski definition) is 1. The smallest absolute Gasteiger partial charge is 0.333 e. The zero-order valence-electron chi connectivity index (χ0n) is 12.9. The summed E-state index contributed by atoms with van der Waals surface area (Å²) in [6.07, 6.45) is 8.33. The second kappa shape index (κ2) is 14.5. The fourth-order valence-corrected chi connectivity index (χ4v) is 1.72. The highest BCUT2D eigenvalue weighted by Crippen LogP contribution is 2.03. The largest absolute Gasteiger partial charge is 0.462 e. The second-order valence-electron chi connectivity index (χ2n) is 5.08. The van der Waals surface area contributed by atoms with Crippen LogP contribution in [0.3, 0.4) is 0 Å². The Hall–Kier alpha value is -0.870. The SMILES string of the molecule is C=C(C)C(=O)OCCCCCCOCCCCCCO. The van der Waals surface area contributed by atoms with Gasteiger partial charge in [0.1, 0.15) is 0 Å². The zero-order chi connectivity index (χ0) is 15.1. The maximum Gasteiger partial charge on any atom is 0.333 e. The highest BCUT2D eigenvalue weighted by molar-refractivity contribution is 5.86. The van der Waals surface area contributed by atoms with E-state index < -0.39 is 0 Å². The van der Waals surface area contributed by atoms with Crippen molar-refractivity contribution in [2.24, 2.45) is 0 Å². The maximum atomic E-state index is 11.1. The molecule has 0 aliphatic rings. The molecule has 118 valence electrons. The van der Waals surface area contributed by atoms with Crippen molar-refractivity contribution in [1.82, 2.24) is 0 Å². The number of carbonyl (C=O) groups is 1. The first kappa shape index (κ1) is 19.1. The van der Waals surface area contributed by atoms with Crippen LogP contribution in [0.5, 0.6) is 0 Å². The van der Waals surface area contributed by atoms with Gasteiger partial charge in [0, 0.05) is 25.4 Å². The first-order valence-corrected chi connectivity index (χ1v) is 7.69. The molecule has 4 heteroatoms. The molecule has 0 aliphatic carbocycles. The number of aliphatic hydroxyl groups excluding tert-OH is 1. The van der Waals surface area contributed by atoms with Crippen LogP contribution in [0.2, 0.25) is 0 Å². The van der Waals surface area contributed by atoms with Crippen LogP contribution >= 0.6 is 0 Å². The van der Waals surface area contributed by atoms with E-state index in [9.17, 15) is 4.79 Å². The topological polar surface area (TPSA) is 55.8 Å². The van der Waals surface area contributed by atoms with Crippen LogP contribution in [0, 0.1) is 0 Å². The van der Waals surface area contributed by atoms with Crippen LogP contribution in [0.4, 0.5) is 0 Å². The molecule has 0 aromatic heterocycles. The molecule has 0 aromatic carbocycles. The van der Waals surface area contributed by atoms with Crippen LogP contribution in [0.1, 0.15) is 58.3 Å². The number of rotatable bonds is 14. The average molecular weight is 286 g/mol. The Morgan fingerprint density at radius 3 is 1.90 bits per heavy atom. The van der Waals surface area contributed by atoms with Crippen molar-refractivity contribution < 1.29 is 19.4 Å². The molecule has 0 unspecified atom stereocenters. The average Bonchev–Trinajstić information content (AvgIpc) is 2.43. The van der Waals surface area contributed by atoms with Crippen molar-refractivity contribution in [1.29, 1.82) is 0 Å². The molecule has 0 bridgehead atoms. The Morgan fingerprint density at radius 1 is 0.900 bits per heavy atom. The van der Waals surface area contributed by atoms with Gasteiger partial charge in [0.2, 0.25) is 0 Å². The third-order valence-corrected chi connectivity index (χ3v) is 2.96. The molecule has 0 fully saturated rings. The minimum absolute atomic E-state index is 0.294. The summed E-state index contributed by atoms with van der Waals surface area (Å²) in [5.74, 6) is -0.297. The summed E-state index contributed by atoms with van der Waals surface area (Å²) in [6.45, 7) is 7.60. The quantitative estimate of drug-likeness (QED) is 0.302. The van der Waals surface area contributed by atoms with Gasteiger partial charge in [-0.05, 0) is 39.0 Å². The Labute approximate surface area is 123 Å². The van der Waals surface area contributed by atoms with E-state index >= 15 is 0 Å². The number of ether oxygens (including phenoxy) is 2. The number of esters is 1. The van der Waals surface area contributed by atoms with Crippen LogP contribution in [0.15, 0.2) is 12.2 Å². The van der Waals surface area contributed by atoms with E-state index in [-0.39, 0.29) is 5.97 Å². The van der Waals surface area contributed by atoms with Gasteiger partial charge in [0.05, 0.1) is 6.61 Å². The van der Waals surface area contributed by atoms with Crippen molar-refractivity contribution >= 4 is 5.97 Å². The molecule has 0 aromatic rings. The van der Waals surface area contributed by atoms with Crippen LogP contribution in [-0.4, -0.2) is 37.5 Å². The third-order valence-electron chi connectivity index (χ3n) is 2.96. The molecule has 0 saturated carbocycles. The molecule has 0 heterocycles. The number of unbranched alkanes of at least 4 members (excludes halogenated alkanes) is 6. The van der Waals surface area contributed by atoms with Crippen molar-refractivity contribution in [3.05, 3.63) is 12.2 Å². The minimum Gasteiger partial charge on any atom is -0.462 e. The van der Waals surface area contributed by atoms with Gasteiger partial charge in [0.25, 0.3) is 0 Å². The molecule has 0 aliphatic heterocycles. The Balaban J connectivity index is 3.06. The van der Waals surface area contributed by atoms with Gasteiger partial charge in [-0.3, -0.25) is 0 Å². The van der Waals surface area contributed by atoms with Crippen molar-refractivity contribution in [3.63, 3.8) is 0 Å². The number of carbonyl (C=O) groups excluding carboxylic acids is 1. The normalized spacial score (nSPS) is 10.5. The van der Waals surface area contributed by atoms with Crippen molar-refractivity contribution in [2.45, 2.75) is 58.3 Å². The molecular formula is C16H30O4.